The molecule has 30 heavy (non-hydrogen) atoms. The highest BCUT2D eigenvalue weighted by molar-refractivity contribution is 7.18. The highest BCUT2D eigenvalue weighted by Crippen LogP contribution is 2.35. The van der Waals surface area contributed by atoms with Crippen LogP contribution in [0.1, 0.15) is 15.4 Å². The second-order valence-corrected chi connectivity index (χ2v) is 8.72. The number of nitrogens with one attached hydrogen (secondary N) is 1. The number of halogens is 2. The van der Waals surface area contributed by atoms with E-state index >= 15 is 0 Å². The number of hydrogen-bond donors (Lipinski definition) is 1. The molecule has 5 aromatic rings. The second-order valence-electron chi connectivity index (χ2n) is 6.67. The number of anilines is 1. The van der Waals surface area contributed by atoms with Crippen LogP contribution >= 0.6 is 34.5 Å². The number of rotatable bonds is 3. The molecule has 0 bridgehead atoms. The van der Waals surface area contributed by atoms with E-state index in [1.54, 1.807) is 47.7 Å². The first-order valence-electron chi connectivity index (χ1n) is 9.01. The van der Waals surface area contributed by atoms with Crippen molar-refractivity contribution < 1.29 is 9.21 Å². The van der Waals surface area contributed by atoms with Crippen molar-refractivity contribution in [2.24, 2.45) is 0 Å². The van der Waals surface area contributed by atoms with E-state index < -0.39 is 0 Å². The van der Waals surface area contributed by atoms with Gasteiger partial charge in [-0.2, -0.15) is 0 Å². The minimum atomic E-state index is -0.247. The monoisotopic (exact) mass is 453 g/mol. The Balaban J connectivity index is 1.46. The third-order valence-electron chi connectivity index (χ3n) is 4.58. The van der Waals surface area contributed by atoms with Crippen molar-refractivity contribution in [1.29, 1.82) is 0 Å². The number of benzene rings is 3. The van der Waals surface area contributed by atoms with Crippen LogP contribution in [0.3, 0.4) is 0 Å². The molecule has 2 heterocycles. The average Bonchev–Trinajstić information content (AvgIpc) is 3.29. The van der Waals surface area contributed by atoms with Gasteiger partial charge in [-0.05, 0) is 55.5 Å². The Bertz CT molecular complexity index is 1420. The van der Waals surface area contributed by atoms with Crippen molar-refractivity contribution in [1.82, 2.24) is 9.97 Å². The zero-order valence-corrected chi connectivity index (χ0v) is 17.9. The van der Waals surface area contributed by atoms with E-state index in [1.807, 2.05) is 25.1 Å². The molecule has 0 saturated heterocycles. The molecule has 0 fully saturated rings. The van der Waals surface area contributed by atoms with E-state index in [1.165, 1.54) is 0 Å². The Morgan fingerprint density at radius 3 is 2.60 bits per heavy atom. The summed E-state index contributed by atoms with van der Waals surface area (Å²) >= 11 is 14.1. The van der Waals surface area contributed by atoms with E-state index in [9.17, 15) is 4.79 Å². The summed E-state index contributed by atoms with van der Waals surface area (Å²) in [6.07, 6.45) is 0. The molecule has 5 nitrogen and oxygen atoms in total. The molecule has 0 spiro atoms. The third kappa shape index (κ3) is 3.43. The summed E-state index contributed by atoms with van der Waals surface area (Å²) in [5.74, 6) is 0.0611. The van der Waals surface area contributed by atoms with E-state index in [0.717, 1.165) is 15.2 Å². The van der Waals surface area contributed by atoms with Crippen LogP contribution in [0.25, 0.3) is 32.8 Å². The fourth-order valence-corrected chi connectivity index (χ4v) is 4.57. The maximum Gasteiger partial charge on any atom is 0.255 e. The topological polar surface area (TPSA) is 68.0 Å². The van der Waals surface area contributed by atoms with Gasteiger partial charge in [0.25, 0.3) is 5.91 Å². The van der Waals surface area contributed by atoms with Crippen LogP contribution in [0.2, 0.25) is 10.0 Å². The minimum Gasteiger partial charge on any atom is -0.436 e. The van der Waals surface area contributed by atoms with E-state index in [2.05, 4.69) is 15.3 Å². The number of amides is 1. The van der Waals surface area contributed by atoms with Crippen LogP contribution in [-0.4, -0.2) is 15.9 Å². The minimum absolute atomic E-state index is 0.247. The number of carbonyl (C=O) groups excluding carboxylic acids is 1. The fourth-order valence-electron chi connectivity index (χ4n) is 3.20. The summed E-state index contributed by atoms with van der Waals surface area (Å²) < 4.78 is 6.88. The molecule has 0 aliphatic rings. The molecular formula is C22H13Cl2N3O2S. The predicted molar refractivity (Wildman–Crippen MR) is 122 cm³/mol. The van der Waals surface area contributed by atoms with Crippen molar-refractivity contribution in [3.8, 4) is 11.5 Å². The van der Waals surface area contributed by atoms with Gasteiger partial charge in [0.05, 0.1) is 30.8 Å². The number of carbonyl (C=O) groups is 1. The van der Waals surface area contributed by atoms with Gasteiger partial charge >= 0.3 is 0 Å². The molecule has 0 aliphatic carbocycles. The van der Waals surface area contributed by atoms with Crippen LogP contribution in [0.5, 0.6) is 0 Å². The van der Waals surface area contributed by atoms with Crippen molar-refractivity contribution in [3.63, 3.8) is 0 Å². The van der Waals surface area contributed by atoms with Crippen molar-refractivity contribution in [2.75, 3.05) is 5.32 Å². The number of thiazole rings is 1. The first kappa shape index (κ1) is 19.1. The lowest BCUT2D eigenvalue weighted by Gasteiger charge is -2.05. The van der Waals surface area contributed by atoms with Crippen molar-refractivity contribution in [3.05, 3.63) is 75.2 Å². The Labute approximate surface area is 185 Å². The first-order valence-corrected chi connectivity index (χ1v) is 10.6. The summed E-state index contributed by atoms with van der Waals surface area (Å²) in [7, 11) is 0. The molecule has 1 N–H and O–H groups in total. The molecule has 0 aliphatic heterocycles. The number of fused-ring (bicyclic) bond motifs is 2. The summed E-state index contributed by atoms with van der Waals surface area (Å²) in [4.78, 5) is 21.7. The smallest absolute Gasteiger partial charge is 0.255 e. The highest BCUT2D eigenvalue weighted by atomic mass is 35.5. The van der Waals surface area contributed by atoms with Crippen LogP contribution < -0.4 is 5.32 Å². The molecule has 3 aromatic carbocycles. The molecule has 8 heteroatoms. The lowest BCUT2D eigenvalue weighted by molar-refractivity contribution is 0.102. The van der Waals surface area contributed by atoms with Crippen LogP contribution in [0.4, 0.5) is 5.69 Å². The summed E-state index contributed by atoms with van der Waals surface area (Å²) in [5.41, 5.74) is 3.61. The van der Waals surface area contributed by atoms with Crippen molar-refractivity contribution >= 4 is 67.4 Å². The van der Waals surface area contributed by atoms with Gasteiger partial charge in [0.1, 0.15) is 5.52 Å². The fraction of sp³-hybridized carbons (Fsp3) is 0.0455. The molecule has 0 atom stereocenters. The lowest BCUT2D eigenvalue weighted by Crippen LogP contribution is -2.11. The molecule has 0 radical (unpaired) electrons. The summed E-state index contributed by atoms with van der Waals surface area (Å²) in [6, 6.07) is 15.9. The molecule has 1 amide bonds. The molecular weight excluding hydrogens is 441 g/mol. The van der Waals surface area contributed by atoms with Gasteiger partial charge in [-0.1, -0.05) is 29.3 Å². The van der Waals surface area contributed by atoms with Crippen LogP contribution in [0, 0.1) is 6.92 Å². The van der Waals surface area contributed by atoms with Crippen LogP contribution in [0.15, 0.2) is 59.0 Å². The Kier molecular flexibility index (Phi) is 4.70. The number of aryl methyl sites for hydroxylation is 1. The number of aromatic nitrogens is 2. The molecule has 148 valence electrons. The predicted octanol–water partition coefficient (Wildman–Crippen LogP) is 6.97. The third-order valence-corrected chi connectivity index (χ3v) is 6.16. The zero-order valence-electron chi connectivity index (χ0n) is 15.6. The van der Waals surface area contributed by atoms with Gasteiger partial charge in [-0.25, -0.2) is 9.97 Å². The highest BCUT2D eigenvalue weighted by Gasteiger charge is 2.16. The normalized spacial score (nSPS) is 11.3. The SMILES string of the molecule is Cc1nc2cc(NC(=O)c3ccc4oc(-c5c(Cl)cccc5Cl)nc4c3)ccc2s1. The quantitative estimate of drug-likeness (QED) is 0.320. The molecule has 5 rings (SSSR count). The van der Waals surface area contributed by atoms with Crippen molar-refractivity contribution in [2.45, 2.75) is 6.92 Å². The standard InChI is InChI=1S/C22H13Cl2N3O2S/c1-11-25-17-10-13(6-8-19(17)30-11)26-21(28)12-5-7-18-16(9-12)27-22(29-18)20-14(23)3-2-4-15(20)24/h2-10H,1H3,(H,26,28). The van der Waals surface area contributed by atoms with Gasteiger partial charge in [-0.3, -0.25) is 4.79 Å². The summed E-state index contributed by atoms with van der Waals surface area (Å²) in [5, 5.41) is 4.78. The van der Waals surface area contributed by atoms with E-state index in [-0.39, 0.29) is 5.91 Å². The van der Waals surface area contributed by atoms with E-state index in [0.29, 0.717) is 43.9 Å². The number of hydrogen-bond acceptors (Lipinski definition) is 5. The lowest BCUT2D eigenvalue weighted by atomic mass is 10.2. The molecule has 0 unspecified atom stereocenters. The Hall–Kier alpha value is -2.93. The Morgan fingerprint density at radius 2 is 1.80 bits per heavy atom. The number of oxazole rings is 1. The second kappa shape index (κ2) is 7.40. The van der Waals surface area contributed by atoms with Gasteiger partial charge in [-0.15, -0.1) is 11.3 Å². The van der Waals surface area contributed by atoms with Gasteiger partial charge < -0.3 is 9.73 Å². The van der Waals surface area contributed by atoms with E-state index in [4.69, 9.17) is 27.6 Å². The molecule has 0 saturated carbocycles. The van der Waals surface area contributed by atoms with Gasteiger partial charge in [0.2, 0.25) is 5.89 Å². The zero-order chi connectivity index (χ0) is 20.8. The largest absolute Gasteiger partial charge is 0.436 e. The van der Waals surface area contributed by atoms with Gasteiger partial charge in [0, 0.05) is 11.3 Å². The Morgan fingerprint density at radius 1 is 1.00 bits per heavy atom. The average molecular weight is 454 g/mol. The maximum absolute atomic E-state index is 12.8. The maximum atomic E-state index is 12.8. The number of nitrogens with zero attached hydrogens (tertiary/aromatic N) is 2. The molecule has 2 aromatic heterocycles. The summed E-state index contributed by atoms with van der Waals surface area (Å²) in [6.45, 7) is 1.96. The van der Waals surface area contributed by atoms with Crippen LogP contribution in [-0.2, 0) is 0 Å². The van der Waals surface area contributed by atoms with Gasteiger partial charge in [0.15, 0.2) is 5.58 Å². The first-order chi connectivity index (χ1) is 14.5.